The van der Waals surface area contributed by atoms with Crippen LogP contribution in [0.15, 0.2) is 34.9 Å². The Balaban J connectivity index is 1.61. The van der Waals surface area contributed by atoms with Crippen molar-refractivity contribution >= 4 is 23.0 Å². The van der Waals surface area contributed by atoms with Crippen LogP contribution in [-0.2, 0) is 0 Å². The second kappa shape index (κ2) is 8.58. The van der Waals surface area contributed by atoms with Crippen molar-refractivity contribution in [1.29, 1.82) is 5.26 Å². The predicted molar refractivity (Wildman–Crippen MR) is 114 cm³/mol. The topological polar surface area (TPSA) is 75.7 Å². The molecule has 3 heterocycles. The number of benzene rings is 1. The Labute approximate surface area is 171 Å². The third kappa shape index (κ3) is 4.22. The van der Waals surface area contributed by atoms with Crippen molar-refractivity contribution in [2.75, 3.05) is 61.4 Å². The van der Waals surface area contributed by atoms with Gasteiger partial charge in [0.25, 0.3) is 5.91 Å². The maximum atomic E-state index is 12.7. The van der Waals surface area contributed by atoms with Crippen molar-refractivity contribution in [2.45, 2.75) is 19.3 Å². The molecule has 1 aromatic heterocycles. The average molecular weight is 393 g/mol. The van der Waals surface area contributed by atoms with Crippen LogP contribution < -0.4 is 15.1 Å². The molecule has 1 aromatic carbocycles. The zero-order valence-corrected chi connectivity index (χ0v) is 16.9. The number of carbonyl (C=O) groups is 1. The average Bonchev–Trinajstić information content (AvgIpc) is 3.24. The Hall–Kier alpha value is -2.98. The van der Waals surface area contributed by atoms with E-state index in [1.54, 1.807) is 0 Å². The Kier molecular flexibility index (Phi) is 5.72. The number of nitrogens with one attached hydrogen (secondary N) is 1. The molecule has 152 valence electrons. The summed E-state index contributed by atoms with van der Waals surface area (Å²) in [7, 11) is 2.15. The predicted octanol–water partition coefficient (Wildman–Crippen LogP) is 3.15. The smallest absolute Gasteiger partial charge is 0.292 e. The van der Waals surface area contributed by atoms with Crippen LogP contribution in [0.25, 0.3) is 0 Å². The van der Waals surface area contributed by atoms with Gasteiger partial charge in [-0.25, -0.2) is 0 Å². The minimum atomic E-state index is -0.392. The van der Waals surface area contributed by atoms with E-state index in [4.69, 9.17) is 4.42 Å². The van der Waals surface area contributed by atoms with Crippen LogP contribution in [0.3, 0.4) is 0 Å². The van der Waals surface area contributed by atoms with E-state index >= 15 is 0 Å². The molecule has 1 N–H and O–H groups in total. The summed E-state index contributed by atoms with van der Waals surface area (Å²) in [5.41, 5.74) is 3.23. The van der Waals surface area contributed by atoms with Gasteiger partial charge >= 0.3 is 0 Å². The number of rotatable bonds is 4. The van der Waals surface area contributed by atoms with Crippen LogP contribution in [0.4, 0.5) is 17.1 Å². The number of nitrogens with zero attached hydrogens (tertiary/aromatic N) is 4. The third-order valence-electron chi connectivity index (χ3n) is 5.79. The fraction of sp³-hybridized carbons (Fsp3) is 0.455. The molecule has 2 aromatic rings. The highest BCUT2D eigenvalue weighted by atomic mass is 16.3. The van der Waals surface area contributed by atoms with Gasteiger partial charge in [-0.2, -0.15) is 5.26 Å². The summed E-state index contributed by atoms with van der Waals surface area (Å²) in [5.74, 6) is -0.336. The Bertz CT molecular complexity index is 902. The summed E-state index contributed by atoms with van der Waals surface area (Å²) in [5, 5.41) is 12.1. The SMILES string of the molecule is CN1CCN(c2ccc(NC(=O)c3occc3C#N)c(N3CCCCC3)c2)CC1. The van der Waals surface area contributed by atoms with Gasteiger partial charge in [0.1, 0.15) is 11.6 Å². The van der Waals surface area contributed by atoms with Gasteiger partial charge in [0.15, 0.2) is 0 Å². The molecule has 0 radical (unpaired) electrons. The number of nitriles is 1. The normalized spacial score (nSPS) is 17.8. The lowest BCUT2D eigenvalue weighted by atomic mass is 10.1. The lowest BCUT2D eigenvalue weighted by Crippen LogP contribution is -2.44. The van der Waals surface area contributed by atoms with Crippen LogP contribution in [0.2, 0.25) is 0 Å². The van der Waals surface area contributed by atoms with E-state index in [1.807, 2.05) is 12.1 Å². The van der Waals surface area contributed by atoms with Crippen LogP contribution in [0.1, 0.15) is 35.4 Å². The summed E-state index contributed by atoms with van der Waals surface area (Å²) in [6.07, 6.45) is 4.93. The van der Waals surface area contributed by atoms with E-state index in [1.165, 1.54) is 24.4 Å². The quantitative estimate of drug-likeness (QED) is 0.860. The highest BCUT2D eigenvalue weighted by Crippen LogP contribution is 2.33. The molecule has 0 unspecified atom stereocenters. The van der Waals surface area contributed by atoms with E-state index in [9.17, 15) is 10.1 Å². The molecule has 2 saturated heterocycles. The number of hydrogen-bond acceptors (Lipinski definition) is 6. The highest BCUT2D eigenvalue weighted by Gasteiger charge is 2.22. The maximum absolute atomic E-state index is 12.7. The molecule has 2 aliphatic rings. The third-order valence-corrected chi connectivity index (χ3v) is 5.79. The van der Waals surface area contributed by atoms with Crippen molar-refractivity contribution in [1.82, 2.24) is 4.90 Å². The fourth-order valence-corrected chi connectivity index (χ4v) is 4.04. The summed E-state index contributed by atoms with van der Waals surface area (Å²) < 4.78 is 5.24. The Morgan fingerprint density at radius 2 is 1.79 bits per heavy atom. The van der Waals surface area contributed by atoms with Gasteiger partial charge in [-0.1, -0.05) is 0 Å². The van der Waals surface area contributed by atoms with Gasteiger partial charge in [0.05, 0.1) is 17.6 Å². The second-order valence-electron chi connectivity index (χ2n) is 7.77. The first-order valence-electron chi connectivity index (χ1n) is 10.3. The second-order valence-corrected chi connectivity index (χ2v) is 7.77. The van der Waals surface area contributed by atoms with Crippen molar-refractivity contribution in [3.8, 4) is 6.07 Å². The molecule has 29 heavy (non-hydrogen) atoms. The van der Waals surface area contributed by atoms with E-state index in [0.29, 0.717) is 0 Å². The zero-order valence-electron chi connectivity index (χ0n) is 16.9. The molecule has 2 fully saturated rings. The lowest BCUT2D eigenvalue weighted by molar-refractivity contribution is 0.0996. The number of piperazine rings is 1. The first kappa shape index (κ1) is 19.3. The van der Waals surface area contributed by atoms with Crippen LogP contribution in [-0.4, -0.2) is 57.1 Å². The maximum Gasteiger partial charge on any atom is 0.292 e. The molecule has 2 aliphatic heterocycles. The van der Waals surface area contributed by atoms with Gasteiger partial charge in [0, 0.05) is 45.0 Å². The first-order valence-corrected chi connectivity index (χ1v) is 10.3. The highest BCUT2D eigenvalue weighted by molar-refractivity contribution is 6.05. The molecule has 7 nitrogen and oxygen atoms in total. The molecular weight excluding hydrogens is 366 g/mol. The first-order chi connectivity index (χ1) is 14.2. The van der Waals surface area contributed by atoms with Crippen molar-refractivity contribution < 1.29 is 9.21 Å². The molecule has 0 atom stereocenters. The molecule has 0 bridgehead atoms. The fourth-order valence-electron chi connectivity index (χ4n) is 4.04. The van der Waals surface area contributed by atoms with E-state index in [-0.39, 0.29) is 11.3 Å². The van der Waals surface area contributed by atoms with Gasteiger partial charge in [0.2, 0.25) is 5.76 Å². The molecule has 0 spiro atoms. The molecule has 7 heteroatoms. The molecule has 0 aliphatic carbocycles. The summed E-state index contributed by atoms with van der Waals surface area (Å²) >= 11 is 0. The standard InChI is InChI=1S/C22H27N5O2/c1-25-10-12-26(13-11-25)18-5-6-19(20(15-18)27-8-3-2-4-9-27)24-22(28)21-17(16-23)7-14-29-21/h5-7,14-15H,2-4,8-13H2,1H3,(H,24,28). The van der Waals surface area contributed by atoms with Gasteiger partial charge in [-0.15, -0.1) is 0 Å². The van der Waals surface area contributed by atoms with Crippen molar-refractivity contribution in [2.24, 2.45) is 0 Å². The zero-order chi connectivity index (χ0) is 20.2. The number of piperidine rings is 1. The molecule has 4 rings (SSSR count). The number of likely N-dealkylation sites (N-methyl/N-ethyl adjacent to an activating group) is 1. The number of amides is 1. The number of hydrogen-bond donors (Lipinski definition) is 1. The van der Waals surface area contributed by atoms with Gasteiger partial charge < -0.3 is 24.4 Å². The van der Waals surface area contributed by atoms with Crippen LogP contribution in [0, 0.1) is 11.3 Å². The van der Waals surface area contributed by atoms with E-state index in [0.717, 1.165) is 63.5 Å². The van der Waals surface area contributed by atoms with E-state index < -0.39 is 5.91 Å². The number of anilines is 3. The molecule has 1 amide bonds. The Morgan fingerprint density at radius 1 is 1.03 bits per heavy atom. The number of carbonyl (C=O) groups excluding carboxylic acids is 1. The summed E-state index contributed by atoms with van der Waals surface area (Å²) in [4.78, 5) is 19.8. The summed E-state index contributed by atoms with van der Waals surface area (Å²) in [6, 6.07) is 9.75. The minimum absolute atomic E-state index is 0.0558. The van der Waals surface area contributed by atoms with Crippen LogP contribution >= 0.6 is 0 Å². The largest absolute Gasteiger partial charge is 0.458 e. The van der Waals surface area contributed by atoms with Crippen molar-refractivity contribution in [3.63, 3.8) is 0 Å². The van der Waals surface area contributed by atoms with Crippen LogP contribution in [0.5, 0.6) is 0 Å². The molecule has 0 saturated carbocycles. The van der Waals surface area contributed by atoms with Gasteiger partial charge in [-0.3, -0.25) is 4.79 Å². The van der Waals surface area contributed by atoms with Gasteiger partial charge in [-0.05, 0) is 50.6 Å². The van der Waals surface area contributed by atoms with E-state index in [2.05, 4.69) is 39.2 Å². The minimum Gasteiger partial charge on any atom is -0.458 e. The number of furan rings is 1. The Morgan fingerprint density at radius 3 is 2.52 bits per heavy atom. The monoisotopic (exact) mass is 393 g/mol. The summed E-state index contributed by atoms with van der Waals surface area (Å²) in [6.45, 7) is 6.07. The lowest BCUT2D eigenvalue weighted by Gasteiger charge is -2.36. The molecular formula is C22H27N5O2. The van der Waals surface area contributed by atoms with Crippen molar-refractivity contribution in [3.05, 3.63) is 41.9 Å².